The summed E-state index contributed by atoms with van der Waals surface area (Å²) in [5.41, 5.74) is 0.653. The fraction of sp³-hybridized carbons (Fsp3) is 0.562. The van der Waals surface area contributed by atoms with E-state index in [2.05, 4.69) is 5.32 Å². The number of hydrogen-bond donors (Lipinski definition) is 1. The number of benzene rings is 1. The summed E-state index contributed by atoms with van der Waals surface area (Å²) >= 11 is 0. The van der Waals surface area contributed by atoms with Gasteiger partial charge in [0.1, 0.15) is 5.82 Å². The molecule has 0 aromatic heterocycles. The largest absolute Gasteiger partial charge is 0.311 e. The second-order valence-electron chi connectivity index (χ2n) is 5.80. The molecule has 4 heteroatoms. The van der Waals surface area contributed by atoms with Gasteiger partial charge in [0.25, 0.3) is 0 Å². The molecule has 1 aromatic carbocycles. The molecule has 3 rings (SSSR count). The Balaban J connectivity index is 1.81. The highest BCUT2D eigenvalue weighted by molar-refractivity contribution is 5.97. The summed E-state index contributed by atoms with van der Waals surface area (Å²) in [6.45, 7) is 3.45. The van der Waals surface area contributed by atoms with Crippen molar-refractivity contribution >= 4 is 11.6 Å². The standard InChI is InChI=1S/C16H21FN2O/c1-2-19(13-7-4-6-12(17)9-13)16(20)15-14-8-3-5-11(14)10-18-15/h4,6-7,9,11,14-15,18H,2-3,5,8,10H2,1H3. The van der Waals surface area contributed by atoms with E-state index >= 15 is 0 Å². The van der Waals surface area contributed by atoms with Gasteiger partial charge in [-0.15, -0.1) is 0 Å². The van der Waals surface area contributed by atoms with Crippen LogP contribution in [0.15, 0.2) is 24.3 Å². The van der Waals surface area contributed by atoms with Gasteiger partial charge in [-0.3, -0.25) is 4.79 Å². The van der Waals surface area contributed by atoms with Gasteiger partial charge in [-0.1, -0.05) is 12.5 Å². The van der Waals surface area contributed by atoms with Crippen LogP contribution in [-0.4, -0.2) is 25.0 Å². The van der Waals surface area contributed by atoms with Crippen LogP contribution >= 0.6 is 0 Å². The molecule has 1 aliphatic carbocycles. The van der Waals surface area contributed by atoms with Crippen LogP contribution in [0.4, 0.5) is 10.1 Å². The monoisotopic (exact) mass is 276 g/mol. The number of likely N-dealkylation sites (N-methyl/N-ethyl adjacent to an activating group) is 1. The van der Waals surface area contributed by atoms with Crippen LogP contribution in [0.25, 0.3) is 0 Å². The second-order valence-corrected chi connectivity index (χ2v) is 5.80. The van der Waals surface area contributed by atoms with E-state index in [1.54, 1.807) is 17.0 Å². The van der Waals surface area contributed by atoms with E-state index in [-0.39, 0.29) is 17.8 Å². The lowest BCUT2D eigenvalue weighted by Gasteiger charge is -2.27. The summed E-state index contributed by atoms with van der Waals surface area (Å²) in [6.07, 6.45) is 3.59. The molecule has 3 nitrogen and oxygen atoms in total. The van der Waals surface area contributed by atoms with Gasteiger partial charge < -0.3 is 10.2 Å². The van der Waals surface area contributed by atoms with Crippen molar-refractivity contribution in [3.8, 4) is 0 Å². The highest BCUT2D eigenvalue weighted by Gasteiger charge is 2.43. The predicted molar refractivity (Wildman–Crippen MR) is 77.0 cm³/mol. The fourth-order valence-corrected chi connectivity index (χ4v) is 3.74. The molecule has 0 bridgehead atoms. The molecule has 0 radical (unpaired) electrons. The van der Waals surface area contributed by atoms with E-state index < -0.39 is 0 Å². The van der Waals surface area contributed by atoms with E-state index in [0.29, 0.717) is 24.1 Å². The Morgan fingerprint density at radius 3 is 3.05 bits per heavy atom. The molecule has 1 N–H and O–H groups in total. The number of carbonyl (C=O) groups excluding carboxylic acids is 1. The summed E-state index contributed by atoms with van der Waals surface area (Å²) in [5.74, 6) is 0.902. The molecule has 20 heavy (non-hydrogen) atoms. The molecule has 2 aliphatic rings. The van der Waals surface area contributed by atoms with Gasteiger partial charge in [-0.05, 0) is 56.3 Å². The van der Waals surface area contributed by atoms with E-state index in [4.69, 9.17) is 0 Å². The fourth-order valence-electron chi connectivity index (χ4n) is 3.74. The molecule has 2 fully saturated rings. The lowest BCUT2D eigenvalue weighted by Crippen LogP contribution is -2.46. The smallest absolute Gasteiger partial charge is 0.244 e. The minimum absolute atomic E-state index is 0.0903. The van der Waals surface area contributed by atoms with Gasteiger partial charge in [-0.2, -0.15) is 0 Å². The number of amides is 1. The molecule has 108 valence electrons. The lowest BCUT2D eigenvalue weighted by molar-refractivity contribution is -0.121. The van der Waals surface area contributed by atoms with E-state index in [1.165, 1.54) is 25.0 Å². The zero-order valence-corrected chi connectivity index (χ0v) is 11.8. The molecule has 3 unspecified atom stereocenters. The van der Waals surface area contributed by atoms with Crippen LogP contribution in [0.5, 0.6) is 0 Å². The van der Waals surface area contributed by atoms with E-state index in [1.807, 2.05) is 6.92 Å². The second kappa shape index (κ2) is 5.52. The Labute approximate surface area is 119 Å². The summed E-state index contributed by atoms with van der Waals surface area (Å²) < 4.78 is 13.4. The number of halogens is 1. The normalized spacial score (nSPS) is 28.4. The van der Waals surface area contributed by atoms with Gasteiger partial charge in [-0.25, -0.2) is 4.39 Å². The third-order valence-electron chi connectivity index (χ3n) is 4.71. The summed E-state index contributed by atoms with van der Waals surface area (Å²) in [4.78, 5) is 14.5. The lowest BCUT2D eigenvalue weighted by atomic mass is 9.93. The maximum Gasteiger partial charge on any atom is 0.244 e. The van der Waals surface area contributed by atoms with E-state index in [9.17, 15) is 9.18 Å². The molecular formula is C16H21FN2O. The third-order valence-corrected chi connectivity index (χ3v) is 4.71. The van der Waals surface area contributed by atoms with Crippen molar-refractivity contribution in [1.82, 2.24) is 5.32 Å². The van der Waals surface area contributed by atoms with Gasteiger partial charge in [0.15, 0.2) is 0 Å². The number of nitrogens with zero attached hydrogens (tertiary/aromatic N) is 1. The van der Waals surface area contributed by atoms with Crippen molar-refractivity contribution in [1.29, 1.82) is 0 Å². The first-order valence-corrected chi connectivity index (χ1v) is 7.51. The van der Waals surface area contributed by atoms with Crippen LogP contribution in [0.1, 0.15) is 26.2 Å². The van der Waals surface area contributed by atoms with Crippen molar-refractivity contribution < 1.29 is 9.18 Å². The van der Waals surface area contributed by atoms with Crippen LogP contribution in [0.2, 0.25) is 0 Å². The summed E-state index contributed by atoms with van der Waals surface area (Å²) in [5, 5.41) is 3.37. The molecule has 3 atom stereocenters. The Bertz CT molecular complexity index is 505. The Kier molecular flexibility index (Phi) is 3.74. The minimum Gasteiger partial charge on any atom is -0.311 e. The molecule has 1 saturated heterocycles. The van der Waals surface area contributed by atoms with Gasteiger partial charge in [0.05, 0.1) is 6.04 Å². The molecule has 1 aromatic rings. The average molecular weight is 276 g/mol. The van der Waals surface area contributed by atoms with Crippen LogP contribution in [0.3, 0.4) is 0 Å². The number of fused-ring (bicyclic) bond motifs is 1. The third kappa shape index (κ3) is 2.33. The maximum atomic E-state index is 13.4. The van der Waals surface area contributed by atoms with Gasteiger partial charge in [0, 0.05) is 12.2 Å². The molecule has 1 heterocycles. The zero-order chi connectivity index (χ0) is 14.1. The summed E-state index contributed by atoms with van der Waals surface area (Å²) in [6, 6.07) is 6.20. The topological polar surface area (TPSA) is 32.3 Å². The molecule has 0 spiro atoms. The van der Waals surface area contributed by atoms with Crippen LogP contribution < -0.4 is 10.2 Å². The Hall–Kier alpha value is -1.42. The molecular weight excluding hydrogens is 255 g/mol. The highest BCUT2D eigenvalue weighted by atomic mass is 19.1. The highest BCUT2D eigenvalue weighted by Crippen LogP contribution is 2.38. The van der Waals surface area contributed by atoms with Crippen molar-refractivity contribution in [2.45, 2.75) is 32.2 Å². The van der Waals surface area contributed by atoms with Crippen molar-refractivity contribution in [3.63, 3.8) is 0 Å². The molecule has 1 amide bonds. The average Bonchev–Trinajstić information content (AvgIpc) is 3.01. The number of nitrogens with one attached hydrogen (secondary N) is 1. The summed E-state index contributed by atoms with van der Waals surface area (Å²) in [7, 11) is 0. The van der Waals surface area contributed by atoms with Gasteiger partial charge in [0.2, 0.25) is 5.91 Å². The van der Waals surface area contributed by atoms with Crippen molar-refractivity contribution in [3.05, 3.63) is 30.1 Å². The minimum atomic E-state index is -0.299. The molecule has 1 saturated carbocycles. The van der Waals surface area contributed by atoms with E-state index in [0.717, 1.165) is 13.0 Å². The van der Waals surface area contributed by atoms with Crippen LogP contribution in [0, 0.1) is 17.7 Å². The first-order chi connectivity index (χ1) is 9.70. The zero-order valence-electron chi connectivity index (χ0n) is 11.8. The number of hydrogen-bond acceptors (Lipinski definition) is 2. The number of rotatable bonds is 3. The quantitative estimate of drug-likeness (QED) is 0.920. The first-order valence-electron chi connectivity index (χ1n) is 7.51. The number of carbonyl (C=O) groups is 1. The van der Waals surface area contributed by atoms with Crippen molar-refractivity contribution in [2.75, 3.05) is 18.0 Å². The number of anilines is 1. The Morgan fingerprint density at radius 1 is 1.45 bits per heavy atom. The predicted octanol–water partition coefficient (Wildman–Crippen LogP) is 2.57. The maximum absolute atomic E-state index is 13.4. The van der Waals surface area contributed by atoms with Gasteiger partial charge >= 0.3 is 0 Å². The van der Waals surface area contributed by atoms with Crippen molar-refractivity contribution in [2.24, 2.45) is 11.8 Å². The molecule has 1 aliphatic heterocycles. The van der Waals surface area contributed by atoms with Crippen LogP contribution in [-0.2, 0) is 4.79 Å². The SMILES string of the molecule is CCN(C(=O)C1NCC2CCCC21)c1cccc(F)c1. The Morgan fingerprint density at radius 2 is 2.30 bits per heavy atom. The first kappa shape index (κ1) is 13.6.